The van der Waals surface area contributed by atoms with Crippen molar-refractivity contribution in [3.05, 3.63) is 28.7 Å². The molecule has 106 valence electrons. The maximum atomic E-state index is 12.5. The fourth-order valence-electron chi connectivity index (χ4n) is 2.31. The molecule has 1 unspecified atom stereocenters. The second kappa shape index (κ2) is 6.35. The summed E-state index contributed by atoms with van der Waals surface area (Å²) in [6.07, 6.45) is 3.38. The highest BCUT2D eigenvalue weighted by Crippen LogP contribution is 2.24. The minimum absolute atomic E-state index is 0.260. The van der Waals surface area contributed by atoms with E-state index in [2.05, 4.69) is 21.2 Å². The molecule has 4 nitrogen and oxygen atoms in total. The van der Waals surface area contributed by atoms with E-state index in [0.717, 1.165) is 13.0 Å². The van der Waals surface area contributed by atoms with Gasteiger partial charge in [0, 0.05) is 24.1 Å². The number of nitrogens with zero attached hydrogens (tertiary/aromatic N) is 1. The smallest absolute Gasteiger partial charge is 0.243 e. The molecule has 1 fully saturated rings. The third-order valence-electron chi connectivity index (χ3n) is 3.41. The van der Waals surface area contributed by atoms with E-state index in [4.69, 9.17) is 0 Å². The van der Waals surface area contributed by atoms with Gasteiger partial charge in [-0.15, -0.1) is 0 Å². The molecule has 1 aliphatic rings. The molecule has 1 heterocycles. The standard InChI is InChI=1S/C13H19BrN2O2S/c1-16(10-11-6-4-5-9-15-11)19(17,18)13-8-3-2-7-12(13)14/h2-3,7-8,11,15H,4-6,9-10H2,1H3. The first-order valence-electron chi connectivity index (χ1n) is 6.46. The molecule has 19 heavy (non-hydrogen) atoms. The Balaban J connectivity index is 2.13. The SMILES string of the molecule is CN(CC1CCCCN1)S(=O)(=O)c1ccccc1Br. The lowest BCUT2D eigenvalue weighted by molar-refractivity contribution is 0.337. The van der Waals surface area contributed by atoms with Crippen LogP contribution in [0.15, 0.2) is 33.6 Å². The van der Waals surface area contributed by atoms with Crippen molar-refractivity contribution < 1.29 is 8.42 Å². The van der Waals surface area contributed by atoms with Crippen molar-refractivity contribution in [2.75, 3.05) is 20.1 Å². The maximum absolute atomic E-state index is 12.5. The number of hydrogen-bond donors (Lipinski definition) is 1. The lowest BCUT2D eigenvalue weighted by Crippen LogP contribution is -2.44. The zero-order valence-electron chi connectivity index (χ0n) is 11.0. The van der Waals surface area contributed by atoms with Crippen LogP contribution in [0.2, 0.25) is 0 Å². The van der Waals surface area contributed by atoms with Crippen LogP contribution in [-0.2, 0) is 10.0 Å². The Hall–Kier alpha value is -0.430. The van der Waals surface area contributed by atoms with E-state index in [-0.39, 0.29) is 6.04 Å². The van der Waals surface area contributed by atoms with Crippen LogP contribution in [0.5, 0.6) is 0 Å². The Labute approximate surface area is 123 Å². The summed E-state index contributed by atoms with van der Waals surface area (Å²) in [6, 6.07) is 7.19. The van der Waals surface area contributed by atoms with Gasteiger partial charge in [0.15, 0.2) is 0 Å². The molecule has 0 spiro atoms. The Kier molecular flexibility index (Phi) is 5.00. The molecule has 0 radical (unpaired) electrons. The lowest BCUT2D eigenvalue weighted by Gasteiger charge is -2.28. The van der Waals surface area contributed by atoms with Crippen LogP contribution in [0, 0.1) is 0 Å². The summed E-state index contributed by atoms with van der Waals surface area (Å²) in [7, 11) is -1.78. The number of hydrogen-bond acceptors (Lipinski definition) is 3. The molecule has 1 atom stereocenters. The number of piperidine rings is 1. The Bertz CT molecular complexity index is 527. The van der Waals surface area contributed by atoms with E-state index in [1.165, 1.54) is 17.1 Å². The van der Waals surface area contributed by atoms with E-state index in [0.29, 0.717) is 15.9 Å². The van der Waals surface area contributed by atoms with Gasteiger partial charge in [-0.1, -0.05) is 18.6 Å². The van der Waals surface area contributed by atoms with Crippen LogP contribution < -0.4 is 5.32 Å². The highest BCUT2D eigenvalue weighted by molar-refractivity contribution is 9.10. The predicted octanol–water partition coefficient (Wildman–Crippen LogP) is 2.21. The molecule has 1 aromatic carbocycles. The van der Waals surface area contributed by atoms with Gasteiger partial charge in [-0.25, -0.2) is 8.42 Å². The summed E-state index contributed by atoms with van der Waals surface area (Å²) < 4.78 is 27.0. The van der Waals surface area contributed by atoms with Gasteiger partial charge in [0.1, 0.15) is 0 Å². The molecular formula is C13H19BrN2O2S. The topological polar surface area (TPSA) is 49.4 Å². The summed E-state index contributed by atoms with van der Waals surface area (Å²) in [4.78, 5) is 0.327. The van der Waals surface area contributed by atoms with Crippen molar-refractivity contribution in [2.45, 2.75) is 30.2 Å². The minimum Gasteiger partial charge on any atom is -0.313 e. The molecule has 1 N–H and O–H groups in total. The Morgan fingerprint density at radius 3 is 2.74 bits per heavy atom. The molecule has 1 aromatic rings. The average Bonchev–Trinajstić information content (AvgIpc) is 2.40. The van der Waals surface area contributed by atoms with Crippen LogP contribution in [0.4, 0.5) is 0 Å². The van der Waals surface area contributed by atoms with Crippen molar-refractivity contribution >= 4 is 26.0 Å². The molecule has 1 aliphatic heterocycles. The number of halogens is 1. The monoisotopic (exact) mass is 346 g/mol. The Morgan fingerprint density at radius 1 is 1.37 bits per heavy atom. The highest BCUT2D eigenvalue weighted by Gasteiger charge is 2.26. The van der Waals surface area contributed by atoms with Gasteiger partial charge in [0.2, 0.25) is 10.0 Å². The minimum atomic E-state index is -3.42. The van der Waals surface area contributed by atoms with Crippen LogP contribution in [0.25, 0.3) is 0 Å². The van der Waals surface area contributed by atoms with Crippen LogP contribution in [-0.4, -0.2) is 38.9 Å². The van der Waals surface area contributed by atoms with Gasteiger partial charge < -0.3 is 5.32 Å². The summed E-state index contributed by atoms with van der Waals surface area (Å²) in [5.41, 5.74) is 0. The van der Waals surface area contributed by atoms with E-state index >= 15 is 0 Å². The van der Waals surface area contributed by atoms with Crippen molar-refractivity contribution in [1.82, 2.24) is 9.62 Å². The summed E-state index contributed by atoms with van der Waals surface area (Å²) in [5, 5.41) is 3.37. The number of rotatable bonds is 4. The van der Waals surface area contributed by atoms with Crippen LogP contribution in [0.3, 0.4) is 0 Å². The lowest BCUT2D eigenvalue weighted by atomic mass is 10.1. The van der Waals surface area contributed by atoms with Gasteiger partial charge in [0.25, 0.3) is 0 Å². The van der Waals surface area contributed by atoms with Gasteiger partial charge in [-0.3, -0.25) is 0 Å². The molecule has 0 amide bonds. The van der Waals surface area contributed by atoms with E-state index in [1.807, 2.05) is 6.07 Å². The molecular weight excluding hydrogens is 328 g/mol. The largest absolute Gasteiger partial charge is 0.313 e. The Morgan fingerprint density at radius 2 is 2.11 bits per heavy atom. The van der Waals surface area contributed by atoms with Gasteiger partial charge >= 0.3 is 0 Å². The molecule has 0 aliphatic carbocycles. The van der Waals surface area contributed by atoms with Crippen LogP contribution >= 0.6 is 15.9 Å². The van der Waals surface area contributed by atoms with Gasteiger partial charge in [0.05, 0.1) is 4.90 Å². The van der Waals surface area contributed by atoms with E-state index in [1.54, 1.807) is 25.2 Å². The summed E-state index contributed by atoms with van der Waals surface area (Å²) >= 11 is 3.30. The summed E-state index contributed by atoms with van der Waals surface area (Å²) in [5.74, 6) is 0. The fourth-order valence-corrected chi connectivity index (χ4v) is 4.49. The van der Waals surface area contributed by atoms with Crippen molar-refractivity contribution in [1.29, 1.82) is 0 Å². The van der Waals surface area contributed by atoms with Crippen molar-refractivity contribution in [3.8, 4) is 0 Å². The van der Waals surface area contributed by atoms with Crippen LogP contribution in [0.1, 0.15) is 19.3 Å². The summed E-state index contributed by atoms with van der Waals surface area (Å²) in [6.45, 7) is 1.50. The van der Waals surface area contributed by atoms with Gasteiger partial charge in [-0.2, -0.15) is 4.31 Å². The molecule has 0 aromatic heterocycles. The zero-order valence-corrected chi connectivity index (χ0v) is 13.4. The number of sulfonamides is 1. The first kappa shape index (κ1) is 15.0. The number of benzene rings is 1. The molecule has 0 bridgehead atoms. The molecule has 2 rings (SSSR count). The average molecular weight is 347 g/mol. The first-order valence-corrected chi connectivity index (χ1v) is 8.69. The highest BCUT2D eigenvalue weighted by atomic mass is 79.9. The van der Waals surface area contributed by atoms with E-state index < -0.39 is 10.0 Å². The quantitative estimate of drug-likeness (QED) is 0.909. The third-order valence-corrected chi connectivity index (χ3v) is 6.25. The van der Waals surface area contributed by atoms with Crippen molar-refractivity contribution in [3.63, 3.8) is 0 Å². The molecule has 1 saturated heterocycles. The molecule has 6 heteroatoms. The second-order valence-electron chi connectivity index (χ2n) is 4.86. The fraction of sp³-hybridized carbons (Fsp3) is 0.538. The first-order chi connectivity index (χ1) is 9.01. The third kappa shape index (κ3) is 3.56. The van der Waals surface area contributed by atoms with Crippen molar-refractivity contribution in [2.24, 2.45) is 0 Å². The second-order valence-corrected chi connectivity index (χ2v) is 7.73. The molecule has 0 saturated carbocycles. The zero-order chi connectivity index (χ0) is 13.9. The number of likely N-dealkylation sites (N-methyl/N-ethyl adjacent to an activating group) is 1. The van der Waals surface area contributed by atoms with E-state index in [9.17, 15) is 8.42 Å². The van der Waals surface area contributed by atoms with Gasteiger partial charge in [-0.05, 0) is 47.4 Å². The maximum Gasteiger partial charge on any atom is 0.243 e. The normalized spacial score (nSPS) is 20.7. The number of nitrogens with one attached hydrogen (secondary N) is 1. The predicted molar refractivity (Wildman–Crippen MR) is 79.6 cm³/mol.